The van der Waals surface area contributed by atoms with E-state index in [1.807, 2.05) is 18.7 Å². The van der Waals surface area contributed by atoms with Gasteiger partial charge < -0.3 is 10.0 Å². The zero-order chi connectivity index (χ0) is 16.3. The summed E-state index contributed by atoms with van der Waals surface area (Å²) in [7, 11) is 0. The molecule has 0 aliphatic heterocycles. The van der Waals surface area contributed by atoms with Crippen LogP contribution in [0.3, 0.4) is 0 Å². The largest absolute Gasteiger partial charge is 0.477 e. The Bertz CT molecular complexity index is 728. The fourth-order valence-electron chi connectivity index (χ4n) is 2.30. The average molecular weight is 335 g/mol. The molecule has 2 rings (SSSR count). The molecule has 0 radical (unpaired) electrons. The highest BCUT2D eigenvalue weighted by molar-refractivity contribution is 7.18. The number of carboxylic acids is 1. The molecule has 0 atom stereocenters. The van der Waals surface area contributed by atoms with Gasteiger partial charge in [-0.25, -0.2) is 4.79 Å². The number of hydrogen-bond acceptors (Lipinski definition) is 4. The van der Waals surface area contributed by atoms with Crippen molar-refractivity contribution in [1.29, 1.82) is 5.26 Å². The van der Waals surface area contributed by atoms with Crippen LogP contribution in [0.5, 0.6) is 0 Å². The second-order valence-corrected chi connectivity index (χ2v) is 6.02. The number of rotatable bonds is 5. The van der Waals surface area contributed by atoms with E-state index < -0.39 is 5.97 Å². The van der Waals surface area contributed by atoms with Crippen molar-refractivity contribution in [2.24, 2.45) is 0 Å². The van der Waals surface area contributed by atoms with E-state index >= 15 is 0 Å². The zero-order valence-corrected chi connectivity index (χ0v) is 13.8. The molecular formula is C16H15ClN2O2S. The molecule has 0 amide bonds. The van der Waals surface area contributed by atoms with Gasteiger partial charge in [0.2, 0.25) is 0 Å². The number of carbonyl (C=O) groups is 1. The summed E-state index contributed by atoms with van der Waals surface area (Å²) in [5.74, 6) is -1.02. The quantitative estimate of drug-likeness (QED) is 0.875. The lowest BCUT2D eigenvalue weighted by molar-refractivity contribution is 0.0703. The Balaban J connectivity index is 2.73. The molecule has 4 nitrogen and oxygen atoms in total. The van der Waals surface area contributed by atoms with Crippen molar-refractivity contribution in [3.8, 4) is 17.2 Å². The van der Waals surface area contributed by atoms with Crippen molar-refractivity contribution in [3.63, 3.8) is 0 Å². The summed E-state index contributed by atoms with van der Waals surface area (Å²) in [5, 5.41) is 20.3. The van der Waals surface area contributed by atoms with Crippen molar-refractivity contribution >= 4 is 33.9 Å². The first-order valence-corrected chi connectivity index (χ1v) is 8.03. The van der Waals surface area contributed by atoms with Crippen LogP contribution in [0.15, 0.2) is 24.3 Å². The van der Waals surface area contributed by atoms with E-state index in [9.17, 15) is 15.2 Å². The smallest absolute Gasteiger partial charge is 0.346 e. The molecule has 0 saturated heterocycles. The summed E-state index contributed by atoms with van der Waals surface area (Å²) >= 11 is 7.03. The fourth-order valence-corrected chi connectivity index (χ4v) is 3.66. The van der Waals surface area contributed by atoms with Crippen molar-refractivity contribution in [1.82, 2.24) is 0 Å². The standard InChI is InChI=1S/C16H15ClN2O2S/c1-3-19(4-2)15-12(9-18)13(14(22-15)16(20)21)10-5-7-11(17)8-6-10/h5-8H,3-4H2,1-2H3,(H,20,21). The number of thiophene rings is 1. The molecule has 0 saturated carbocycles. The van der Waals surface area contributed by atoms with Gasteiger partial charge in [0.15, 0.2) is 0 Å². The van der Waals surface area contributed by atoms with Crippen LogP contribution < -0.4 is 4.90 Å². The van der Waals surface area contributed by atoms with Crippen LogP contribution in [0.4, 0.5) is 5.00 Å². The summed E-state index contributed by atoms with van der Waals surface area (Å²) in [6.07, 6.45) is 0. The van der Waals surface area contributed by atoms with Crippen LogP contribution in [0, 0.1) is 11.3 Å². The molecule has 22 heavy (non-hydrogen) atoms. The highest BCUT2D eigenvalue weighted by atomic mass is 35.5. The molecule has 6 heteroatoms. The summed E-state index contributed by atoms with van der Waals surface area (Å²) in [6.45, 7) is 5.38. The van der Waals surface area contributed by atoms with Gasteiger partial charge in [-0.1, -0.05) is 23.7 Å². The van der Waals surface area contributed by atoms with Gasteiger partial charge in [-0.3, -0.25) is 0 Å². The number of benzene rings is 1. The number of carboxylic acid groups (broad SMARTS) is 1. The molecule has 1 aromatic heterocycles. The van der Waals surface area contributed by atoms with Crippen LogP contribution in [-0.2, 0) is 0 Å². The van der Waals surface area contributed by atoms with E-state index in [4.69, 9.17) is 11.6 Å². The van der Waals surface area contributed by atoms with E-state index in [0.717, 1.165) is 11.3 Å². The molecule has 0 unspecified atom stereocenters. The maximum Gasteiger partial charge on any atom is 0.346 e. The Morgan fingerprint density at radius 2 is 1.91 bits per heavy atom. The van der Waals surface area contributed by atoms with E-state index in [0.29, 0.717) is 39.8 Å². The molecule has 2 aromatic rings. The lowest BCUT2D eigenvalue weighted by Crippen LogP contribution is -2.21. The first kappa shape index (κ1) is 16.3. The Morgan fingerprint density at radius 3 is 2.36 bits per heavy atom. The first-order chi connectivity index (χ1) is 10.5. The van der Waals surface area contributed by atoms with E-state index in [1.165, 1.54) is 0 Å². The minimum absolute atomic E-state index is 0.181. The number of anilines is 1. The van der Waals surface area contributed by atoms with Crippen LogP contribution in [0.25, 0.3) is 11.1 Å². The van der Waals surface area contributed by atoms with Gasteiger partial charge in [0, 0.05) is 23.7 Å². The highest BCUT2D eigenvalue weighted by Gasteiger charge is 2.25. The Labute approximate surface area is 138 Å². The van der Waals surface area contributed by atoms with Gasteiger partial charge in [0.25, 0.3) is 0 Å². The molecule has 0 aliphatic rings. The van der Waals surface area contributed by atoms with Crippen molar-refractivity contribution < 1.29 is 9.90 Å². The topological polar surface area (TPSA) is 64.3 Å². The summed E-state index contributed by atoms with van der Waals surface area (Å²) in [6, 6.07) is 9.04. The molecule has 1 heterocycles. The normalized spacial score (nSPS) is 10.3. The van der Waals surface area contributed by atoms with Gasteiger partial charge in [0.1, 0.15) is 15.9 Å². The lowest BCUT2D eigenvalue weighted by Gasteiger charge is -2.19. The fraction of sp³-hybridized carbons (Fsp3) is 0.250. The first-order valence-electron chi connectivity index (χ1n) is 6.84. The second kappa shape index (κ2) is 6.82. The summed E-state index contributed by atoms with van der Waals surface area (Å²) in [5.41, 5.74) is 1.57. The highest BCUT2D eigenvalue weighted by Crippen LogP contribution is 2.42. The number of aromatic carboxylic acids is 1. The SMILES string of the molecule is CCN(CC)c1sc(C(=O)O)c(-c2ccc(Cl)cc2)c1C#N. The van der Waals surface area contributed by atoms with Crippen molar-refractivity contribution in [3.05, 3.63) is 39.7 Å². The van der Waals surface area contributed by atoms with Crippen molar-refractivity contribution in [2.45, 2.75) is 13.8 Å². The van der Waals surface area contributed by atoms with E-state index in [1.54, 1.807) is 24.3 Å². The van der Waals surface area contributed by atoms with Gasteiger partial charge in [-0.15, -0.1) is 11.3 Å². The molecule has 0 aliphatic carbocycles. The monoisotopic (exact) mass is 334 g/mol. The predicted molar refractivity (Wildman–Crippen MR) is 90.0 cm³/mol. The molecule has 0 bridgehead atoms. The Morgan fingerprint density at radius 1 is 1.32 bits per heavy atom. The number of hydrogen-bond donors (Lipinski definition) is 1. The van der Waals surface area contributed by atoms with Crippen LogP contribution >= 0.6 is 22.9 Å². The van der Waals surface area contributed by atoms with Crippen LogP contribution in [0.1, 0.15) is 29.1 Å². The average Bonchev–Trinajstić information content (AvgIpc) is 2.89. The van der Waals surface area contributed by atoms with Gasteiger partial charge in [-0.05, 0) is 31.5 Å². The van der Waals surface area contributed by atoms with Gasteiger partial charge in [-0.2, -0.15) is 5.26 Å². The molecule has 0 fully saturated rings. The Hall–Kier alpha value is -2.03. The minimum Gasteiger partial charge on any atom is -0.477 e. The third-order valence-electron chi connectivity index (χ3n) is 3.38. The number of nitrogens with zero attached hydrogens (tertiary/aromatic N) is 2. The third kappa shape index (κ3) is 2.94. The summed E-state index contributed by atoms with van der Waals surface area (Å²) < 4.78 is 0. The molecule has 0 spiro atoms. The van der Waals surface area contributed by atoms with Gasteiger partial charge >= 0.3 is 5.97 Å². The maximum atomic E-state index is 11.6. The maximum absolute atomic E-state index is 11.6. The summed E-state index contributed by atoms with van der Waals surface area (Å²) in [4.78, 5) is 13.8. The second-order valence-electron chi connectivity index (χ2n) is 4.58. The van der Waals surface area contributed by atoms with E-state index in [-0.39, 0.29) is 4.88 Å². The zero-order valence-electron chi connectivity index (χ0n) is 12.3. The minimum atomic E-state index is -1.02. The number of halogens is 1. The third-order valence-corrected chi connectivity index (χ3v) is 4.87. The molecule has 1 N–H and O–H groups in total. The molecule has 114 valence electrons. The molecule has 1 aromatic carbocycles. The lowest BCUT2D eigenvalue weighted by atomic mass is 10.0. The van der Waals surface area contributed by atoms with Crippen LogP contribution in [0.2, 0.25) is 5.02 Å². The van der Waals surface area contributed by atoms with Crippen molar-refractivity contribution in [2.75, 3.05) is 18.0 Å². The van der Waals surface area contributed by atoms with E-state index in [2.05, 4.69) is 6.07 Å². The Kier molecular flexibility index (Phi) is 5.07. The van der Waals surface area contributed by atoms with Crippen LogP contribution in [-0.4, -0.2) is 24.2 Å². The molecular weight excluding hydrogens is 320 g/mol. The predicted octanol–water partition coefficient (Wildman–Crippen LogP) is 4.48. The number of nitriles is 1. The van der Waals surface area contributed by atoms with Gasteiger partial charge in [0.05, 0.1) is 5.56 Å².